The first kappa shape index (κ1) is 14.3. The summed E-state index contributed by atoms with van der Waals surface area (Å²) in [6.07, 6.45) is 8.13. The van der Waals surface area contributed by atoms with Crippen molar-refractivity contribution < 1.29 is 5.11 Å². The quantitative estimate of drug-likeness (QED) is 0.808. The van der Waals surface area contributed by atoms with Crippen LogP contribution in [0.25, 0.3) is 0 Å². The summed E-state index contributed by atoms with van der Waals surface area (Å²) in [6, 6.07) is 0.648. The van der Waals surface area contributed by atoms with Gasteiger partial charge in [0, 0.05) is 6.04 Å². The van der Waals surface area contributed by atoms with E-state index in [1.165, 1.54) is 19.3 Å². The van der Waals surface area contributed by atoms with Crippen LogP contribution in [0.3, 0.4) is 0 Å². The molecule has 0 aromatic heterocycles. The summed E-state index contributed by atoms with van der Waals surface area (Å²) in [5, 5.41) is 14.5. The summed E-state index contributed by atoms with van der Waals surface area (Å²) in [5.74, 6) is 2.20. The van der Waals surface area contributed by atoms with Crippen LogP contribution in [0.2, 0.25) is 0 Å². The van der Waals surface area contributed by atoms with Gasteiger partial charge in [0.2, 0.25) is 0 Å². The lowest BCUT2D eigenvalue weighted by atomic mass is 9.65. The van der Waals surface area contributed by atoms with Crippen molar-refractivity contribution in [2.45, 2.75) is 77.4 Å². The van der Waals surface area contributed by atoms with Gasteiger partial charge in [0.25, 0.3) is 0 Å². The fraction of sp³-hybridized carbons (Fsp3) is 1.00. The summed E-state index contributed by atoms with van der Waals surface area (Å²) in [4.78, 5) is 0. The van der Waals surface area contributed by atoms with Gasteiger partial charge >= 0.3 is 0 Å². The van der Waals surface area contributed by atoms with Gasteiger partial charge in [-0.25, -0.2) is 0 Å². The van der Waals surface area contributed by atoms with Crippen LogP contribution < -0.4 is 5.32 Å². The number of nitrogens with one attached hydrogen (secondary N) is 1. The Morgan fingerprint density at radius 2 is 1.72 bits per heavy atom. The first-order valence-electron chi connectivity index (χ1n) is 8.01. The Labute approximate surface area is 113 Å². The summed E-state index contributed by atoms with van der Waals surface area (Å²) in [5.41, 5.74) is -0.347. The van der Waals surface area contributed by atoms with E-state index in [1.807, 2.05) is 0 Å². The lowest BCUT2D eigenvalue weighted by Gasteiger charge is -2.46. The molecule has 2 rings (SSSR count). The SMILES string of the molecule is CCNC1CCC(O)(C2CCC(C)C(C)C2)CC1. The Bertz CT molecular complexity index is 258. The third kappa shape index (κ3) is 3.08. The first-order valence-corrected chi connectivity index (χ1v) is 8.01. The van der Waals surface area contributed by atoms with Crippen LogP contribution in [-0.4, -0.2) is 23.3 Å². The lowest BCUT2D eigenvalue weighted by Crippen LogP contribution is -2.47. The average Bonchev–Trinajstić information content (AvgIpc) is 2.36. The van der Waals surface area contributed by atoms with E-state index in [-0.39, 0.29) is 5.60 Å². The van der Waals surface area contributed by atoms with Crippen LogP contribution in [0.4, 0.5) is 0 Å². The largest absolute Gasteiger partial charge is 0.390 e. The van der Waals surface area contributed by atoms with Crippen molar-refractivity contribution in [3.8, 4) is 0 Å². The summed E-state index contributed by atoms with van der Waals surface area (Å²) in [7, 11) is 0. The smallest absolute Gasteiger partial charge is 0.0677 e. The van der Waals surface area contributed by atoms with E-state index in [1.54, 1.807) is 0 Å². The highest BCUT2D eigenvalue weighted by Crippen LogP contribution is 2.44. The van der Waals surface area contributed by atoms with Crippen LogP contribution in [0.15, 0.2) is 0 Å². The molecule has 3 unspecified atom stereocenters. The Morgan fingerprint density at radius 3 is 2.28 bits per heavy atom. The maximum absolute atomic E-state index is 11.0. The zero-order valence-electron chi connectivity index (χ0n) is 12.4. The van der Waals surface area contributed by atoms with Crippen molar-refractivity contribution in [1.82, 2.24) is 5.32 Å². The minimum Gasteiger partial charge on any atom is -0.390 e. The lowest BCUT2D eigenvalue weighted by molar-refractivity contribution is -0.0769. The van der Waals surface area contributed by atoms with Gasteiger partial charge in [-0.2, -0.15) is 0 Å². The van der Waals surface area contributed by atoms with Gasteiger partial charge in [-0.3, -0.25) is 0 Å². The molecule has 0 saturated heterocycles. The first-order chi connectivity index (χ1) is 8.55. The highest BCUT2D eigenvalue weighted by atomic mass is 16.3. The van der Waals surface area contributed by atoms with Gasteiger partial charge in [-0.15, -0.1) is 0 Å². The predicted molar refractivity (Wildman–Crippen MR) is 76.6 cm³/mol. The van der Waals surface area contributed by atoms with Crippen LogP contribution in [-0.2, 0) is 0 Å². The molecule has 0 heterocycles. The fourth-order valence-electron chi connectivity index (χ4n) is 4.05. The second-order valence-electron chi connectivity index (χ2n) is 6.90. The Morgan fingerprint density at radius 1 is 1.06 bits per heavy atom. The fourth-order valence-corrected chi connectivity index (χ4v) is 4.05. The van der Waals surface area contributed by atoms with E-state index >= 15 is 0 Å². The van der Waals surface area contributed by atoms with Crippen LogP contribution in [0.1, 0.15) is 65.7 Å². The second kappa shape index (κ2) is 5.92. The van der Waals surface area contributed by atoms with Crippen molar-refractivity contribution in [3.05, 3.63) is 0 Å². The van der Waals surface area contributed by atoms with Crippen molar-refractivity contribution in [3.63, 3.8) is 0 Å². The maximum atomic E-state index is 11.0. The van der Waals surface area contributed by atoms with Crippen molar-refractivity contribution in [2.24, 2.45) is 17.8 Å². The van der Waals surface area contributed by atoms with Gasteiger partial charge in [0.15, 0.2) is 0 Å². The minimum absolute atomic E-state index is 0.347. The molecule has 0 spiro atoms. The molecular weight excluding hydrogens is 222 g/mol. The topological polar surface area (TPSA) is 32.3 Å². The van der Waals surface area contributed by atoms with Gasteiger partial charge in [-0.1, -0.05) is 27.2 Å². The van der Waals surface area contributed by atoms with Crippen molar-refractivity contribution >= 4 is 0 Å². The maximum Gasteiger partial charge on any atom is 0.0677 e. The Balaban J connectivity index is 1.89. The molecular formula is C16H31NO. The van der Waals surface area contributed by atoms with Crippen molar-refractivity contribution in [2.75, 3.05) is 6.54 Å². The van der Waals surface area contributed by atoms with Gasteiger partial charge < -0.3 is 10.4 Å². The molecule has 106 valence electrons. The van der Waals surface area contributed by atoms with E-state index < -0.39 is 0 Å². The molecule has 2 aliphatic rings. The van der Waals surface area contributed by atoms with Gasteiger partial charge in [-0.05, 0) is 62.8 Å². The van der Waals surface area contributed by atoms with Gasteiger partial charge in [0.1, 0.15) is 0 Å². The average molecular weight is 253 g/mol. The van der Waals surface area contributed by atoms with Crippen molar-refractivity contribution in [1.29, 1.82) is 0 Å². The molecule has 0 amide bonds. The Kier molecular flexibility index (Phi) is 4.71. The molecule has 0 aromatic carbocycles. The zero-order chi connectivity index (χ0) is 13.2. The molecule has 3 atom stereocenters. The number of hydrogen-bond donors (Lipinski definition) is 2. The van der Waals surface area contributed by atoms with E-state index in [2.05, 4.69) is 26.1 Å². The molecule has 0 radical (unpaired) electrons. The zero-order valence-corrected chi connectivity index (χ0v) is 12.4. The van der Waals surface area contributed by atoms with Crippen LogP contribution in [0.5, 0.6) is 0 Å². The molecule has 2 aliphatic carbocycles. The number of aliphatic hydroxyl groups is 1. The minimum atomic E-state index is -0.347. The second-order valence-corrected chi connectivity index (χ2v) is 6.90. The monoisotopic (exact) mass is 253 g/mol. The molecule has 0 aromatic rings. The molecule has 2 saturated carbocycles. The molecule has 2 heteroatoms. The van der Waals surface area contributed by atoms with E-state index in [9.17, 15) is 5.11 Å². The molecule has 2 fully saturated rings. The highest BCUT2D eigenvalue weighted by molar-refractivity contribution is 4.95. The summed E-state index contributed by atoms with van der Waals surface area (Å²) in [6.45, 7) is 7.96. The molecule has 2 N–H and O–H groups in total. The van der Waals surface area contributed by atoms with Crippen LogP contribution in [0, 0.1) is 17.8 Å². The normalized spacial score (nSPS) is 46.0. The highest BCUT2D eigenvalue weighted by Gasteiger charge is 2.42. The summed E-state index contributed by atoms with van der Waals surface area (Å²) < 4.78 is 0. The van der Waals surface area contributed by atoms with E-state index in [4.69, 9.17) is 0 Å². The third-order valence-electron chi connectivity index (χ3n) is 5.70. The predicted octanol–water partition coefficient (Wildman–Crippen LogP) is 3.34. The van der Waals surface area contributed by atoms with E-state index in [0.29, 0.717) is 12.0 Å². The molecule has 2 nitrogen and oxygen atoms in total. The number of hydrogen-bond acceptors (Lipinski definition) is 2. The van der Waals surface area contributed by atoms with E-state index in [0.717, 1.165) is 44.1 Å². The molecule has 0 aliphatic heterocycles. The number of rotatable bonds is 3. The standard InChI is InChI=1S/C16H31NO/c1-4-17-15-7-9-16(18,10-8-15)14-6-5-12(2)13(3)11-14/h12-15,17-18H,4-11H2,1-3H3. The Hall–Kier alpha value is -0.0800. The van der Waals surface area contributed by atoms with Gasteiger partial charge in [0.05, 0.1) is 5.60 Å². The summed E-state index contributed by atoms with van der Waals surface area (Å²) >= 11 is 0. The third-order valence-corrected chi connectivity index (χ3v) is 5.70. The molecule has 18 heavy (non-hydrogen) atoms. The van der Waals surface area contributed by atoms with Crippen LogP contribution >= 0.6 is 0 Å². The molecule has 0 bridgehead atoms.